The number of aromatic amines is 1. The smallest absolute Gasteiger partial charge is 0.353 e. The number of nitrogens with one attached hydrogen (secondary N) is 2. The molecule has 5 aromatic rings. The highest BCUT2D eigenvalue weighted by molar-refractivity contribution is 6.36. The lowest BCUT2D eigenvalue weighted by molar-refractivity contribution is -0.671. The minimum Gasteiger partial charge on any atom is -0.493 e. The van der Waals surface area contributed by atoms with Crippen LogP contribution in [0.25, 0.3) is 22.8 Å². The van der Waals surface area contributed by atoms with Gasteiger partial charge in [-0.3, -0.25) is 9.36 Å². The van der Waals surface area contributed by atoms with Crippen LogP contribution in [0.5, 0.6) is 5.88 Å². The summed E-state index contributed by atoms with van der Waals surface area (Å²) in [7, 11) is 5.97. The molecule has 4 aromatic heterocycles. The first kappa shape index (κ1) is 45.5. The summed E-state index contributed by atoms with van der Waals surface area (Å²) in [5.41, 5.74) is 13.2. The number of pyridine rings is 2. The summed E-state index contributed by atoms with van der Waals surface area (Å²) in [6.07, 6.45) is 29.7. The monoisotopic (exact) mass is 956 g/mol. The van der Waals surface area contributed by atoms with Gasteiger partial charge in [0.15, 0.2) is 24.8 Å². The summed E-state index contributed by atoms with van der Waals surface area (Å²) in [6.45, 7) is -0.428. The summed E-state index contributed by atoms with van der Waals surface area (Å²) in [4.78, 5) is 51.5. The number of amides is 1. The van der Waals surface area contributed by atoms with Crippen molar-refractivity contribution in [1.29, 1.82) is 0 Å². The van der Waals surface area contributed by atoms with Crippen molar-refractivity contribution >= 4 is 51.5 Å². The van der Waals surface area contributed by atoms with Gasteiger partial charge in [-0.1, -0.05) is 12.1 Å². The zero-order valence-electron chi connectivity index (χ0n) is 39.4. The molecule has 0 radical (unpaired) electrons. The van der Waals surface area contributed by atoms with Gasteiger partial charge in [0.05, 0.1) is 52.5 Å². The lowest BCUT2D eigenvalue weighted by atomic mass is 9.97. The molecule has 0 aliphatic carbocycles. The molecule has 356 valence electrons. The van der Waals surface area contributed by atoms with Gasteiger partial charge in [-0.25, -0.2) is 28.9 Å². The standard InChI is InChI=1S/C56H46N10O6/c1-63-24-18-34(19-25-63)52-41-11-9-39(58-41)51(33-4-7-38(8-5-33)57-49(69)17-6-37-31-66(56(71)62-55(37)70)50-30-47(68)48(32-67)72-50)40-10-12-42(59-40)53(35-20-26-64(2)27-21-35)44-14-16-46(61-44)54(45-15-13-43(52)60-45)36-22-28-65(3)29-23-36/h4-29,31,47-48,50,67-68H,30,32H2,1-3H3,(H-2,57,58,59,60,61,62,69,70,71)/p+2/b17-6+,51-39?,51-40?,52-41?,52-43?,53-42?,53-44?,54-45?,54-46?/t47-,48+,50+/m0/s1. The molecule has 10 heterocycles. The second kappa shape index (κ2) is 18.7. The number of aromatic nitrogens is 5. The molecule has 0 spiro atoms. The number of aliphatic imine (C=N–C) groups is 3. The Labute approximate surface area is 413 Å². The van der Waals surface area contributed by atoms with E-state index in [1.54, 1.807) is 12.1 Å². The Morgan fingerprint density at radius 2 is 1.28 bits per heavy atom. The Balaban J connectivity index is 1.00. The molecule has 1 saturated heterocycles. The first-order valence-corrected chi connectivity index (χ1v) is 23.3. The second-order valence-electron chi connectivity index (χ2n) is 17.9. The quantitative estimate of drug-likeness (QED) is 0.0998. The summed E-state index contributed by atoms with van der Waals surface area (Å²) < 4.78 is 10.7. The van der Waals surface area contributed by atoms with Crippen LogP contribution in [0.1, 0.15) is 46.3 Å². The highest BCUT2D eigenvalue weighted by Crippen LogP contribution is 2.39. The Hall–Kier alpha value is -8.96. The van der Waals surface area contributed by atoms with E-state index in [1.165, 1.54) is 18.3 Å². The number of hydrogen-bond donors (Lipinski definition) is 5. The highest BCUT2D eigenvalue weighted by atomic mass is 16.5. The average Bonchev–Trinajstić information content (AvgIpc) is 4.25. The molecular weight excluding hydrogens is 909 g/mol. The van der Waals surface area contributed by atoms with Gasteiger partial charge < -0.3 is 35.3 Å². The number of aryl methyl sites for hydroxylation is 2. The molecule has 0 saturated carbocycles. The lowest BCUT2D eigenvalue weighted by Crippen LogP contribution is -2.27. The van der Waals surface area contributed by atoms with Gasteiger partial charge in [-0.15, -0.1) is 0 Å². The summed E-state index contributed by atoms with van der Waals surface area (Å²) in [5.74, 6) is -1.08. The molecule has 0 unspecified atom stereocenters. The number of hydrogen-bond acceptors (Lipinski definition) is 11. The van der Waals surface area contributed by atoms with Gasteiger partial charge in [0, 0.05) is 102 Å². The third-order valence-corrected chi connectivity index (χ3v) is 13.0. The topological polar surface area (TPSA) is 198 Å². The van der Waals surface area contributed by atoms with Crippen molar-refractivity contribution in [2.75, 3.05) is 19.0 Å². The minimum absolute atomic E-state index is 0.0390. The number of benzene rings is 1. The first-order valence-electron chi connectivity index (χ1n) is 23.3. The summed E-state index contributed by atoms with van der Waals surface area (Å²) in [6, 6.07) is 19.9. The van der Waals surface area contributed by atoms with Crippen molar-refractivity contribution in [1.82, 2.24) is 19.4 Å². The fourth-order valence-electron chi connectivity index (χ4n) is 9.27. The zero-order chi connectivity index (χ0) is 49.6. The zero-order valence-corrected chi connectivity index (χ0v) is 39.4. The SMILES string of the molecule is CN1C=CC(=C2C3=NC(=C(c4cc[n+](C)cc4)C4=NC(=C(c5ccc(NC(=O)/C=C/c6cn([C@H]7C[C@H](O)[C@@H](CO)O7)c(=O)nc6O)cc5)c5ccc([nH]5)C(c5cc[n+](C)cc5)=C5C=CC2=N5)C=C4)C=C3)C=C1. The Kier molecular flexibility index (Phi) is 11.8. The fourth-order valence-corrected chi connectivity index (χ4v) is 9.27. The van der Waals surface area contributed by atoms with Crippen LogP contribution in [0.2, 0.25) is 0 Å². The number of aromatic hydroxyl groups is 1. The van der Waals surface area contributed by atoms with Crippen LogP contribution in [0.3, 0.4) is 0 Å². The number of ether oxygens (including phenoxy) is 1. The Morgan fingerprint density at radius 1 is 0.750 bits per heavy atom. The van der Waals surface area contributed by atoms with Crippen molar-refractivity contribution < 1.29 is 34.0 Å². The largest absolute Gasteiger partial charge is 0.493 e. The third kappa shape index (κ3) is 8.81. The number of rotatable bonds is 8. The number of aliphatic hydroxyl groups is 2. The van der Waals surface area contributed by atoms with E-state index < -0.39 is 42.5 Å². The molecule has 5 N–H and O–H groups in total. The third-order valence-electron chi connectivity index (χ3n) is 13.0. The second-order valence-corrected chi connectivity index (χ2v) is 17.9. The van der Waals surface area contributed by atoms with Crippen molar-refractivity contribution in [2.24, 2.45) is 29.1 Å². The van der Waals surface area contributed by atoms with Gasteiger partial charge in [0.2, 0.25) is 11.8 Å². The van der Waals surface area contributed by atoms with Crippen LogP contribution in [0.15, 0.2) is 207 Å². The van der Waals surface area contributed by atoms with Gasteiger partial charge in [-0.2, -0.15) is 4.98 Å². The number of allylic oxidation sites excluding steroid dienone is 11. The molecule has 6 aliphatic rings. The molecule has 16 nitrogen and oxygen atoms in total. The number of carbonyl (C=O) groups excluding carboxylic acids is 1. The highest BCUT2D eigenvalue weighted by Gasteiger charge is 2.35. The first-order chi connectivity index (χ1) is 35.0. The van der Waals surface area contributed by atoms with Gasteiger partial charge in [0.1, 0.15) is 26.4 Å². The molecule has 72 heavy (non-hydrogen) atoms. The summed E-state index contributed by atoms with van der Waals surface area (Å²) >= 11 is 0. The van der Waals surface area contributed by atoms with Crippen molar-refractivity contribution in [3.63, 3.8) is 0 Å². The molecule has 6 aliphatic heterocycles. The van der Waals surface area contributed by atoms with Crippen molar-refractivity contribution in [2.45, 2.75) is 24.9 Å². The number of carbonyl (C=O) groups is 1. The molecule has 1 amide bonds. The lowest BCUT2D eigenvalue weighted by Gasteiger charge is -2.16. The predicted molar refractivity (Wildman–Crippen MR) is 274 cm³/mol. The van der Waals surface area contributed by atoms with Crippen LogP contribution in [0, 0.1) is 0 Å². The van der Waals surface area contributed by atoms with Crippen molar-refractivity contribution in [3.05, 3.63) is 231 Å². The van der Waals surface area contributed by atoms with E-state index in [-0.39, 0.29) is 12.0 Å². The number of H-pyrrole nitrogens is 1. The molecule has 11 rings (SSSR count). The van der Waals surface area contributed by atoms with Crippen LogP contribution >= 0.6 is 0 Å². The van der Waals surface area contributed by atoms with E-state index in [9.17, 15) is 24.9 Å². The van der Waals surface area contributed by atoms with E-state index in [1.807, 2.05) is 103 Å². The number of nitrogens with zero attached hydrogens (tertiary/aromatic N) is 8. The van der Waals surface area contributed by atoms with E-state index in [0.717, 1.165) is 89.0 Å². The maximum Gasteiger partial charge on any atom is 0.353 e. The maximum atomic E-state index is 13.3. The van der Waals surface area contributed by atoms with Gasteiger partial charge in [0.25, 0.3) is 0 Å². The van der Waals surface area contributed by atoms with Crippen LogP contribution in [-0.4, -0.2) is 83.7 Å². The molecule has 8 bridgehead atoms. The van der Waals surface area contributed by atoms with E-state index in [4.69, 9.17) is 19.7 Å². The normalized spacial score (nSPS) is 20.2. The average molecular weight is 957 g/mol. The fraction of sp³-hybridized carbons (Fsp3) is 0.143. The molecule has 16 heteroatoms. The van der Waals surface area contributed by atoms with Crippen LogP contribution in [0.4, 0.5) is 5.69 Å². The maximum absolute atomic E-state index is 13.3. The number of aliphatic hydroxyl groups excluding tert-OH is 2. The number of fused-ring (bicyclic) bond motifs is 5. The predicted octanol–water partition coefficient (Wildman–Crippen LogP) is 5.46. The molecule has 1 fully saturated rings. The van der Waals surface area contributed by atoms with Crippen LogP contribution in [-0.2, 0) is 23.6 Å². The summed E-state index contributed by atoms with van der Waals surface area (Å²) in [5, 5.41) is 33.1. The van der Waals surface area contributed by atoms with Gasteiger partial charge >= 0.3 is 5.69 Å². The van der Waals surface area contributed by atoms with E-state index >= 15 is 0 Å². The van der Waals surface area contributed by atoms with Crippen LogP contribution < -0.4 is 20.1 Å². The Morgan fingerprint density at radius 3 is 1.83 bits per heavy atom. The Bertz CT molecular complexity index is 3560. The molecule has 1 aromatic carbocycles. The number of anilines is 1. The minimum atomic E-state index is -0.986. The molecule has 3 atom stereocenters. The molecular formula is C56H48N10O6+2. The van der Waals surface area contributed by atoms with E-state index in [2.05, 4.69) is 82.1 Å². The van der Waals surface area contributed by atoms with Crippen molar-refractivity contribution in [3.8, 4) is 5.88 Å². The van der Waals surface area contributed by atoms with E-state index in [0.29, 0.717) is 11.4 Å². The van der Waals surface area contributed by atoms with Gasteiger partial charge in [-0.05, 0) is 101 Å².